The quantitative estimate of drug-likeness (QED) is 0.641. The maximum absolute atomic E-state index is 10.5. The Morgan fingerprint density at radius 3 is 2.94 bits per heavy atom. The van der Waals surface area contributed by atoms with Crippen molar-refractivity contribution in [2.75, 3.05) is 6.61 Å². The zero-order chi connectivity index (χ0) is 12.5. The van der Waals surface area contributed by atoms with Gasteiger partial charge in [0.05, 0.1) is 18.7 Å². The third-order valence-electron chi connectivity index (χ3n) is 3.38. The second-order valence-electron chi connectivity index (χ2n) is 4.53. The highest BCUT2D eigenvalue weighted by Gasteiger charge is 2.36. The van der Waals surface area contributed by atoms with Gasteiger partial charge in [-0.3, -0.25) is 10.1 Å². The van der Waals surface area contributed by atoms with Gasteiger partial charge in [-0.05, 0) is 26.3 Å². The van der Waals surface area contributed by atoms with E-state index < -0.39 is 4.92 Å². The highest BCUT2D eigenvalue weighted by atomic mass is 16.6. The third kappa shape index (κ3) is 2.48. The molecule has 0 amide bonds. The summed E-state index contributed by atoms with van der Waals surface area (Å²) in [4.78, 5) is 9.93. The van der Waals surface area contributed by atoms with Crippen molar-refractivity contribution in [3.8, 4) is 0 Å². The van der Waals surface area contributed by atoms with Crippen LogP contribution in [0, 0.1) is 10.1 Å². The summed E-state index contributed by atoms with van der Waals surface area (Å²) in [7, 11) is 0. The number of nitrogens with zero attached hydrogens (tertiary/aromatic N) is 1. The van der Waals surface area contributed by atoms with Gasteiger partial charge in [-0.2, -0.15) is 0 Å². The topological polar surface area (TPSA) is 77.5 Å². The summed E-state index contributed by atoms with van der Waals surface area (Å²) < 4.78 is 10.6. The van der Waals surface area contributed by atoms with Crippen LogP contribution in [0.3, 0.4) is 0 Å². The van der Waals surface area contributed by atoms with Crippen molar-refractivity contribution in [3.05, 3.63) is 28.0 Å². The first-order valence-corrected chi connectivity index (χ1v) is 5.61. The van der Waals surface area contributed by atoms with Gasteiger partial charge in [0, 0.05) is 12.1 Å². The lowest BCUT2D eigenvalue weighted by Crippen LogP contribution is -2.47. The van der Waals surface area contributed by atoms with Crippen molar-refractivity contribution < 1.29 is 14.1 Å². The highest BCUT2D eigenvalue weighted by Crippen LogP contribution is 2.26. The summed E-state index contributed by atoms with van der Waals surface area (Å²) in [5, 5.41) is 13.8. The first-order chi connectivity index (χ1) is 8.01. The molecule has 1 aromatic heterocycles. The molecule has 1 aliphatic heterocycles. The van der Waals surface area contributed by atoms with E-state index in [0.29, 0.717) is 12.3 Å². The van der Waals surface area contributed by atoms with Crippen LogP contribution in [-0.2, 0) is 11.3 Å². The Morgan fingerprint density at radius 2 is 2.41 bits per heavy atom. The Hall–Kier alpha value is -1.40. The first kappa shape index (κ1) is 12.1. The van der Waals surface area contributed by atoms with Crippen LogP contribution >= 0.6 is 0 Å². The van der Waals surface area contributed by atoms with Crippen molar-refractivity contribution in [1.29, 1.82) is 0 Å². The summed E-state index contributed by atoms with van der Waals surface area (Å²) in [5.74, 6) is 0.347. The van der Waals surface area contributed by atoms with Crippen LogP contribution in [0.4, 0.5) is 5.88 Å². The van der Waals surface area contributed by atoms with E-state index in [9.17, 15) is 10.1 Å². The molecular weight excluding hydrogens is 224 g/mol. The Balaban J connectivity index is 1.95. The second-order valence-corrected chi connectivity index (χ2v) is 4.53. The summed E-state index contributed by atoms with van der Waals surface area (Å²) >= 11 is 0. The van der Waals surface area contributed by atoms with Gasteiger partial charge in [0.2, 0.25) is 0 Å². The molecule has 2 unspecified atom stereocenters. The molecular formula is C11H16N2O4. The van der Waals surface area contributed by atoms with Gasteiger partial charge in [-0.15, -0.1) is 0 Å². The van der Waals surface area contributed by atoms with E-state index in [0.717, 1.165) is 13.0 Å². The van der Waals surface area contributed by atoms with Crippen LogP contribution < -0.4 is 5.32 Å². The Labute approximate surface area is 99.1 Å². The molecule has 1 saturated heterocycles. The summed E-state index contributed by atoms with van der Waals surface area (Å²) in [5.41, 5.74) is -0.0957. The molecule has 1 fully saturated rings. The number of furan rings is 1. The van der Waals surface area contributed by atoms with Gasteiger partial charge in [0.15, 0.2) is 0 Å². The Morgan fingerprint density at radius 1 is 1.65 bits per heavy atom. The van der Waals surface area contributed by atoms with Gasteiger partial charge in [-0.1, -0.05) is 0 Å². The maximum Gasteiger partial charge on any atom is 0.433 e. The third-order valence-corrected chi connectivity index (χ3v) is 3.38. The smallest absolute Gasteiger partial charge is 0.404 e. The average Bonchev–Trinajstić information content (AvgIpc) is 2.85. The van der Waals surface area contributed by atoms with Crippen LogP contribution in [0.25, 0.3) is 0 Å². The lowest BCUT2D eigenvalue weighted by atomic mass is 9.95. The minimum atomic E-state index is -0.535. The highest BCUT2D eigenvalue weighted by molar-refractivity contribution is 5.17. The number of rotatable bonds is 4. The molecule has 0 bridgehead atoms. The minimum absolute atomic E-state index is 0.0957. The molecule has 0 aliphatic carbocycles. The monoisotopic (exact) mass is 240 g/mol. The molecule has 94 valence electrons. The van der Waals surface area contributed by atoms with E-state index in [1.807, 2.05) is 6.92 Å². The van der Waals surface area contributed by atoms with Gasteiger partial charge in [0.1, 0.15) is 10.7 Å². The van der Waals surface area contributed by atoms with Crippen LogP contribution in [0.5, 0.6) is 0 Å². The Kier molecular flexibility index (Phi) is 3.17. The molecule has 0 spiro atoms. The molecule has 0 saturated carbocycles. The number of nitrogens with one attached hydrogen (secondary N) is 1. The van der Waals surface area contributed by atoms with Gasteiger partial charge in [-0.25, -0.2) is 0 Å². The normalized spacial score (nSPS) is 28.5. The van der Waals surface area contributed by atoms with Crippen LogP contribution in [0.1, 0.15) is 26.0 Å². The molecule has 0 aromatic carbocycles. The van der Waals surface area contributed by atoms with Gasteiger partial charge >= 0.3 is 5.88 Å². The van der Waals surface area contributed by atoms with E-state index >= 15 is 0 Å². The molecule has 2 heterocycles. The molecule has 1 N–H and O–H groups in total. The molecule has 6 heteroatoms. The fourth-order valence-corrected chi connectivity index (χ4v) is 1.92. The van der Waals surface area contributed by atoms with Crippen molar-refractivity contribution in [2.24, 2.45) is 0 Å². The second kappa shape index (κ2) is 4.46. The van der Waals surface area contributed by atoms with E-state index in [4.69, 9.17) is 9.15 Å². The van der Waals surface area contributed by atoms with Gasteiger partial charge < -0.3 is 14.5 Å². The lowest BCUT2D eigenvalue weighted by Gasteiger charge is -2.28. The molecule has 0 radical (unpaired) electrons. The minimum Gasteiger partial charge on any atom is -0.404 e. The first-order valence-electron chi connectivity index (χ1n) is 5.61. The standard InChI is InChI=1S/C11H16N2O4/c1-8-11(2,5-6-16-8)12-7-9-3-4-10(17-9)13(14)15/h3-4,8,12H,5-7H2,1-2H3. The predicted molar refractivity (Wildman–Crippen MR) is 60.6 cm³/mol. The number of nitro groups is 1. The van der Waals surface area contributed by atoms with E-state index in [1.165, 1.54) is 6.07 Å². The summed E-state index contributed by atoms with van der Waals surface area (Å²) in [6.07, 6.45) is 1.06. The molecule has 17 heavy (non-hydrogen) atoms. The maximum atomic E-state index is 10.5. The van der Waals surface area contributed by atoms with Gasteiger partial charge in [0.25, 0.3) is 0 Å². The number of ether oxygens (including phenoxy) is 1. The molecule has 6 nitrogen and oxygen atoms in total. The molecule has 2 rings (SSSR count). The fourth-order valence-electron chi connectivity index (χ4n) is 1.92. The van der Waals surface area contributed by atoms with E-state index in [-0.39, 0.29) is 17.5 Å². The number of hydrogen-bond acceptors (Lipinski definition) is 5. The predicted octanol–water partition coefficient (Wildman–Crippen LogP) is 1.84. The summed E-state index contributed by atoms with van der Waals surface area (Å²) in [6, 6.07) is 2.99. The van der Waals surface area contributed by atoms with Crippen molar-refractivity contribution in [3.63, 3.8) is 0 Å². The van der Waals surface area contributed by atoms with Crippen molar-refractivity contribution in [2.45, 2.75) is 38.5 Å². The Bertz CT molecular complexity index is 417. The summed E-state index contributed by atoms with van der Waals surface area (Å²) in [6.45, 7) is 5.31. The van der Waals surface area contributed by atoms with Crippen LogP contribution in [-0.4, -0.2) is 23.2 Å². The molecule has 1 aromatic rings. The zero-order valence-electron chi connectivity index (χ0n) is 9.93. The van der Waals surface area contributed by atoms with E-state index in [1.54, 1.807) is 6.07 Å². The van der Waals surface area contributed by atoms with Crippen molar-refractivity contribution in [1.82, 2.24) is 5.32 Å². The SMILES string of the molecule is CC1OCCC1(C)NCc1ccc([N+](=O)[O-])o1. The van der Waals surface area contributed by atoms with Crippen molar-refractivity contribution >= 4 is 5.88 Å². The van der Waals surface area contributed by atoms with Crippen LogP contribution in [0.2, 0.25) is 0 Å². The lowest BCUT2D eigenvalue weighted by molar-refractivity contribution is -0.402. The molecule has 1 aliphatic rings. The molecule has 2 atom stereocenters. The average molecular weight is 240 g/mol. The fraction of sp³-hybridized carbons (Fsp3) is 0.636. The number of hydrogen-bond donors (Lipinski definition) is 1. The zero-order valence-corrected chi connectivity index (χ0v) is 9.93. The largest absolute Gasteiger partial charge is 0.433 e. The van der Waals surface area contributed by atoms with Crippen LogP contribution in [0.15, 0.2) is 16.5 Å². The van der Waals surface area contributed by atoms with E-state index in [2.05, 4.69) is 12.2 Å².